The second kappa shape index (κ2) is 5.21. The molecule has 16 heavy (non-hydrogen) atoms. The maximum Gasteiger partial charge on any atom is 0.0975 e. The van der Waals surface area contributed by atoms with E-state index in [9.17, 15) is 5.11 Å². The molecule has 86 valence electrons. The molecule has 0 bridgehead atoms. The van der Waals surface area contributed by atoms with Crippen LogP contribution >= 0.6 is 11.6 Å². The van der Waals surface area contributed by atoms with Gasteiger partial charge in [-0.2, -0.15) is 0 Å². The van der Waals surface area contributed by atoms with Gasteiger partial charge < -0.3 is 5.11 Å². The molecule has 0 aliphatic carbocycles. The van der Waals surface area contributed by atoms with Gasteiger partial charge in [-0.1, -0.05) is 42.7 Å². The zero-order valence-electron chi connectivity index (χ0n) is 9.26. The van der Waals surface area contributed by atoms with Gasteiger partial charge in [-0.15, -0.1) is 0 Å². The van der Waals surface area contributed by atoms with Gasteiger partial charge in [0.15, 0.2) is 0 Å². The molecule has 0 saturated carbocycles. The van der Waals surface area contributed by atoms with Crippen LogP contribution < -0.4 is 0 Å². The summed E-state index contributed by atoms with van der Waals surface area (Å²) < 4.78 is 0. The third-order valence-corrected chi connectivity index (χ3v) is 2.93. The van der Waals surface area contributed by atoms with Gasteiger partial charge in [0, 0.05) is 9.93 Å². The van der Waals surface area contributed by atoms with Crippen LogP contribution in [0, 0.1) is 5.92 Å². The Bertz CT molecular complexity index is 398. The first-order chi connectivity index (χ1) is 7.50. The molecular formula is C11H14ClN3O. The van der Waals surface area contributed by atoms with Crippen LogP contribution in [-0.2, 0) is 5.60 Å². The summed E-state index contributed by atoms with van der Waals surface area (Å²) in [5.41, 5.74) is 7.89. The highest BCUT2D eigenvalue weighted by molar-refractivity contribution is 6.30. The van der Waals surface area contributed by atoms with Gasteiger partial charge >= 0.3 is 0 Å². The number of aliphatic hydroxyl groups is 1. The SMILES string of the molecule is CC(C)[C@](O)(CN=[N+]=[N-])c1ccc(Cl)cc1. The number of azide groups is 1. The van der Waals surface area contributed by atoms with Crippen LogP contribution in [0.25, 0.3) is 10.4 Å². The molecule has 0 aliphatic heterocycles. The van der Waals surface area contributed by atoms with E-state index in [1.54, 1.807) is 24.3 Å². The highest BCUT2D eigenvalue weighted by Gasteiger charge is 2.32. The smallest absolute Gasteiger partial charge is 0.0975 e. The van der Waals surface area contributed by atoms with Gasteiger partial charge in [-0.05, 0) is 29.1 Å². The minimum absolute atomic E-state index is 0.0167. The molecule has 0 radical (unpaired) electrons. The molecule has 1 rings (SSSR count). The van der Waals surface area contributed by atoms with Crippen molar-refractivity contribution in [3.05, 3.63) is 45.3 Å². The lowest BCUT2D eigenvalue weighted by atomic mass is 9.83. The second-order valence-corrected chi connectivity index (χ2v) is 4.41. The monoisotopic (exact) mass is 239 g/mol. The first-order valence-electron chi connectivity index (χ1n) is 5.00. The molecule has 0 heterocycles. The maximum absolute atomic E-state index is 10.5. The Hall–Kier alpha value is -1.22. The molecule has 0 fully saturated rings. The Morgan fingerprint density at radius 1 is 1.44 bits per heavy atom. The van der Waals surface area contributed by atoms with Gasteiger partial charge in [-0.3, -0.25) is 0 Å². The Labute approximate surface area is 99.5 Å². The number of benzene rings is 1. The van der Waals surface area contributed by atoms with Crippen molar-refractivity contribution >= 4 is 11.6 Å². The first kappa shape index (κ1) is 12.8. The van der Waals surface area contributed by atoms with Crippen molar-refractivity contribution in [3.8, 4) is 0 Å². The van der Waals surface area contributed by atoms with Gasteiger partial charge in [0.1, 0.15) is 0 Å². The molecular weight excluding hydrogens is 226 g/mol. The van der Waals surface area contributed by atoms with Gasteiger partial charge in [-0.25, -0.2) is 0 Å². The number of nitrogens with zero attached hydrogens (tertiary/aromatic N) is 3. The summed E-state index contributed by atoms with van der Waals surface area (Å²) in [5, 5.41) is 14.5. The average Bonchev–Trinajstić information content (AvgIpc) is 2.26. The number of hydrogen-bond donors (Lipinski definition) is 1. The van der Waals surface area contributed by atoms with Crippen molar-refractivity contribution in [2.24, 2.45) is 11.0 Å². The Morgan fingerprint density at radius 3 is 2.44 bits per heavy atom. The van der Waals surface area contributed by atoms with Gasteiger partial charge in [0.05, 0.1) is 12.1 Å². The van der Waals surface area contributed by atoms with Crippen LogP contribution in [0.1, 0.15) is 19.4 Å². The van der Waals surface area contributed by atoms with Crippen LogP contribution in [0.3, 0.4) is 0 Å². The van der Waals surface area contributed by atoms with Crippen LogP contribution in [0.2, 0.25) is 5.02 Å². The fraction of sp³-hybridized carbons (Fsp3) is 0.455. The molecule has 0 aliphatic rings. The summed E-state index contributed by atoms with van der Waals surface area (Å²) in [7, 11) is 0. The molecule has 1 aromatic rings. The number of rotatable bonds is 4. The van der Waals surface area contributed by atoms with Crippen molar-refractivity contribution in [2.45, 2.75) is 19.4 Å². The zero-order valence-corrected chi connectivity index (χ0v) is 10.0. The van der Waals surface area contributed by atoms with Crippen molar-refractivity contribution in [2.75, 3.05) is 6.54 Å². The standard InChI is InChI=1S/C11H14ClN3O/c1-8(2)11(16,7-14-15-13)9-3-5-10(12)6-4-9/h3-6,8,16H,7H2,1-2H3/t11-/m1/s1. The fourth-order valence-corrected chi connectivity index (χ4v) is 1.61. The molecule has 0 spiro atoms. The van der Waals surface area contributed by atoms with E-state index in [4.69, 9.17) is 17.1 Å². The molecule has 1 aromatic carbocycles. The predicted octanol–water partition coefficient (Wildman–Crippen LogP) is 3.49. The summed E-state index contributed by atoms with van der Waals surface area (Å²) in [6.07, 6.45) is 0. The zero-order chi connectivity index (χ0) is 12.2. The van der Waals surface area contributed by atoms with E-state index in [0.717, 1.165) is 0 Å². The van der Waals surface area contributed by atoms with Crippen LogP contribution in [0.5, 0.6) is 0 Å². The van der Waals surface area contributed by atoms with Crippen LogP contribution in [0.4, 0.5) is 0 Å². The van der Waals surface area contributed by atoms with E-state index >= 15 is 0 Å². The maximum atomic E-state index is 10.5. The number of halogens is 1. The fourth-order valence-electron chi connectivity index (χ4n) is 1.49. The molecule has 0 unspecified atom stereocenters. The molecule has 5 heteroatoms. The van der Waals surface area contributed by atoms with E-state index in [1.807, 2.05) is 13.8 Å². The third kappa shape index (κ3) is 2.67. The molecule has 0 amide bonds. The van der Waals surface area contributed by atoms with Crippen LogP contribution in [0.15, 0.2) is 29.4 Å². The van der Waals surface area contributed by atoms with Crippen molar-refractivity contribution < 1.29 is 5.11 Å². The second-order valence-electron chi connectivity index (χ2n) is 3.97. The minimum Gasteiger partial charge on any atom is -0.385 e. The lowest BCUT2D eigenvalue weighted by Gasteiger charge is -2.31. The lowest BCUT2D eigenvalue weighted by Crippen LogP contribution is -2.35. The summed E-state index contributed by atoms with van der Waals surface area (Å²) >= 11 is 5.78. The van der Waals surface area contributed by atoms with E-state index in [1.165, 1.54) is 0 Å². The quantitative estimate of drug-likeness (QED) is 0.488. The van der Waals surface area contributed by atoms with E-state index in [0.29, 0.717) is 10.6 Å². The predicted molar refractivity (Wildman–Crippen MR) is 64.2 cm³/mol. The Morgan fingerprint density at radius 2 is 2.00 bits per heavy atom. The third-order valence-electron chi connectivity index (χ3n) is 2.67. The molecule has 1 N–H and O–H groups in total. The minimum atomic E-state index is -1.14. The summed E-state index contributed by atoms with van der Waals surface area (Å²) in [4.78, 5) is 2.69. The first-order valence-corrected chi connectivity index (χ1v) is 5.38. The topological polar surface area (TPSA) is 69.0 Å². The molecule has 4 nitrogen and oxygen atoms in total. The van der Waals surface area contributed by atoms with Crippen LogP contribution in [-0.4, -0.2) is 11.7 Å². The van der Waals surface area contributed by atoms with Crippen molar-refractivity contribution in [3.63, 3.8) is 0 Å². The van der Waals surface area contributed by atoms with E-state index < -0.39 is 5.60 Å². The van der Waals surface area contributed by atoms with E-state index in [-0.39, 0.29) is 12.5 Å². The summed E-state index contributed by atoms with van der Waals surface area (Å²) in [6, 6.07) is 6.91. The normalized spacial score (nSPS) is 14.3. The summed E-state index contributed by atoms with van der Waals surface area (Å²) in [6.45, 7) is 3.77. The average molecular weight is 240 g/mol. The van der Waals surface area contributed by atoms with E-state index in [2.05, 4.69) is 10.0 Å². The van der Waals surface area contributed by atoms with Gasteiger partial charge in [0.2, 0.25) is 0 Å². The molecule has 0 aromatic heterocycles. The summed E-state index contributed by atoms with van der Waals surface area (Å²) in [5.74, 6) is -0.0563. The lowest BCUT2D eigenvalue weighted by molar-refractivity contribution is -0.000997. The largest absolute Gasteiger partial charge is 0.385 e. The van der Waals surface area contributed by atoms with Crippen molar-refractivity contribution in [1.82, 2.24) is 0 Å². The molecule has 1 atom stereocenters. The highest BCUT2D eigenvalue weighted by atomic mass is 35.5. The highest BCUT2D eigenvalue weighted by Crippen LogP contribution is 2.30. The Balaban J connectivity index is 3.10. The van der Waals surface area contributed by atoms with Crippen molar-refractivity contribution in [1.29, 1.82) is 0 Å². The molecule has 0 saturated heterocycles. The van der Waals surface area contributed by atoms with Gasteiger partial charge in [0.25, 0.3) is 0 Å². The number of hydrogen-bond acceptors (Lipinski definition) is 2. The Kier molecular flexibility index (Phi) is 4.19.